The van der Waals surface area contributed by atoms with Gasteiger partial charge in [-0.3, -0.25) is 4.79 Å². The highest BCUT2D eigenvalue weighted by molar-refractivity contribution is 7.89. The SMILES string of the molecule is Cc1cc(C)c(S(=O)(=O)N2CCCC(C(=O)NC3CCN(C)CC3)C2)c(C)c1. The molecule has 0 bridgehead atoms. The maximum atomic E-state index is 13.3. The van der Waals surface area contributed by atoms with Gasteiger partial charge >= 0.3 is 0 Å². The van der Waals surface area contributed by atoms with Crippen molar-refractivity contribution in [2.45, 2.75) is 57.4 Å². The summed E-state index contributed by atoms with van der Waals surface area (Å²) in [6.45, 7) is 8.40. The molecule has 1 amide bonds. The average Bonchev–Trinajstić information content (AvgIpc) is 2.62. The summed E-state index contributed by atoms with van der Waals surface area (Å²) in [5.41, 5.74) is 2.61. The summed E-state index contributed by atoms with van der Waals surface area (Å²) in [6, 6.07) is 4.03. The molecule has 156 valence electrons. The van der Waals surface area contributed by atoms with Crippen molar-refractivity contribution in [3.63, 3.8) is 0 Å². The highest BCUT2D eigenvalue weighted by Gasteiger charge is 2.35. The van der Waals surface area contributed by atoms with Gasteiger partial charge in [0, 0.05) is 19.1 Å². The number of rotatable bonds is 4. The number of benzene rings is 1. The minimum absolute atomic E-state index is 0.00630. The van der Waals surface area contributed by atoms with Gasteiger partial charge < -0.3 is 10.2 Å². The molecule has 1 aromatic carbocycles. The van der Waals surface area contributed by atoms with E-state index >= 15 is 0 Å². The zero-order valence-electron chi connectivity index (χ0n) is 17.5. The molecule has 1 N–H and O–H groups in total. The van der Waals surface area contributed by atoms with Crippen molar-refractivity contribution in [1.82, 2.24) is 14.5 Å². The predicted molar refractivity (Wildman–Crippen MR) is 111 cm³/mol. The summed E-state index contributed by atoms with van der Waals surface area (Å²) in [5.74, 6) is -0.263. The molecular weight excluding hydrogens is 374 g/mol. The summed E-state index contributed by atoms with van der Waals surface area (Å²) >= 11 is 0. The smallest absolute Gasteiger partial charge is 0.243 e. The van der Waals surface area contributed by atoms with E-state index in [1.807, 2.05) is 32.9 Å². The van der Waals surface area contributed by atoms with Crippen molar-refractivity contribution < 1.29 is 13.2 Å². The standard InChI is InChI=1S/C21H33N3O3S/c1-15-12-16(2)20(17(3)13-15)28(26,27)24-9-5-6-18(14-24)21(25)22-19-7-10-23(4)11-8-19/h12-13,18-19H,5-11,14H2,1-4H3,(H,22,25). The molecule has 2 heterocycles. The Bertz CT molecular complexity index is 806. The Hall–Kier alpha value is -1.44. The molecule has 1 aromatic rings. The van der Waals surface area contributed by atoms with E-state index in [1.165, 1.54) is 4.31 Å². The number of carbonyl (C=O) groups is 1. The van der Waals surface area contributed by atoms with Crippen molar-refractivity contribution in [3.05, 3.63) is 28.8 Å². The monoisotopic (exact) mass is 407 g/mol. The van der Waals surface area contributed by atoms with Crippen LogP contribution in [0.15, 0.2) is 17.0 Å². The van der Waals surface area contributed by atoms with E-state index < -0.39 is 10.0 Å². The van der Waals surface area contributed by atoms with Gasteiger partial charge in [0.2, 0.25) is 15.9 Å². The van der Waals surface area contributed by atoms with Crippen LogP contribution in [-0.4, -0.2) is 62.8 Å². The van der Waals surface area contributed by atoms with E-state index in [0.717, 1.165) is 49.0 Å². The molecule has 7 heteroatoms. The van der Waals surface area contributed by atoms with Gasteiger partial charge in [-0.1, -0.05) is 17.7 Å². The Morgan fingerprint density at radius 2 is 1.64 bits per heavy atom. The molecule has 28 heavy (non-hydrogen) atoms. The molecule has 1 unspecified atom stereocenters. The first-order valence-electron chi connectivity index (χ1n) is 10.3. The summed E-state index contributed by atoms with van der Waals surface area (Å²) < 4.78 is 28.2. The van der Waals surface area contributed by atoms with Gasteiger partial charge in [0.1, 0.15) is 0 Å². The molecule has 0 saturated carbocycles. The Morgan fingerprint density at radius 1 is 1.04 bits per heavy atom. The molecule has 0 aliphatic carbocycles. The van der Waals surface area contributed by atoms with Crippen LogP contribution in [0.1, 0.15) is 42.4 Å². The lowest BCUT2D eigenvalue weighted by Gasteiger charge is -2.34. The highest BCUT2D eigenvalue weighted by Crippen LogP contribution is 2.29. The van der Waals surface area contributed by atoms with Gasteiger partial charge in [-0.05, 0) is 77.7 Å². The number of likely N-dealkylation sites (tertiary alicyclic amines) is 1. The van der Waals surface area contributed by atoms with Crippen LogP contribution < -0.4 is 5.32 Å². The van der Waals surface area contributed by atoms with E-state index in [9.17, 15) is 13.2 Å². The number of hydrogen-bond donors (Lipinski definition) is 1. The summed E-state index contributed by atoms with van der Waals surface area (Å²) in [5, 5.41) is 3.16. The van der Waals surface area contributed by atoms with Gasteiger partial charge in [-0.15, -0.1) is 0 Å². The fourth-order valence-corrected chi connectivity index (χ4v) is 6.48. The quantitative estimate of drug-likeness (QED) is 0.831. The van der Waals surface area contributed by atoms with Crippen LogP contribution in [0, 0.1) is 26.7 Å². The second kappa shape index (κ2) is 8.51. The number of piperidine rings is 2. The molecule has 1 atom stereocenters. The van der Waals surface area contributed by atoms with Crippen LogP contribution in [0.3, 0.4) is 0 Å². The van der Waals surface area contributed by atoms with Gasteiger partial charge in [0.25, 0.3) is 0 Å². The number of carbonyl (C=O) groups excluding carboxylic acids is 1. The van der Waals surface area contributed by atoms with E-state index in [1.54, 1.807) is 0 Å². The summed E-state index contributed by atoms with van der Waals surface area (Å²) in [4.78, 5) is 15.5. The Kier molecular flexibility index (Phi) is 6.47. The average molecular weight is 408 g/mol. The molecule has 3 rings (SSSR count). The molecule has 2 fully saturated rings. The number of amides is 1. The number of sulfonamides is 1. The molecule has 0 aromatic heterocycles. The third kappa shape index (κ3) is 4.58. The van der Waals surface area contributed by atoms with Gasteiger partial charge in [0.05, 0.1) is 10.8 Å². The molecule has 0 spiro atoms. The van der Waals surface area contributed by atoms with Crippen LogP contribution in [0.2, 0.25) is 0 Å². The number of hydrogen-bond acceptors (Lipinski definition) is 4. The number of nitrogens with zero attached hydrogens (tertiary/aromatic N) is 2. The highest BCUT2D eigenvalue weighted by atomic mass is 32.2. The van der Waals surface area contributed by atoms with Crippen LogP contribution >= 0.6 is 0 Å². The molecular formula is C21H33N3O3S. The van der Waals surface area contributed by atoms with Gasteiger partial charge in [0.15, 0.2) is 0 Å². The van der Waals surface area contributed by atoms with Crippen molar-refractivity contribution in [1.29, 1.82) is 0 Å². The van der Waals surface area contributed by atoms with Crippen LogP contribution in [0.25, 0.3) is 0 Å². The van der Waals surface area contributed by atoms with Gasteiger partial charge in [-0.25, -0.2) is 8.42 Å². The predicted octanol–water partition coefficient (Wildman–Crippen LogP) is 2.22. The maximum Gasteiger partial charge on any atom is 0.243 e. The molecule has 2 aliphatic rings. The fraction of sp³-hybridized carbons (Fsp3) is 0.667. The van der Waals surface area contributed by atoms with Crippen molar-refractivity contribution >= 4 is 15.9 Å². The van der Waals surface area contributed by atoms with E-state index in [2.05, 4.69) is 17.3 Å². The fourth-order valence-electron chi connectivity index (χ4n) is 4.55. The first kappa shape index (κ1) is 21.3. The molecule has 6 nitrogen and oxygen atoms in total. The summed E-state index contributed by atoms with van der Waals surface area (Å²) in [6.07, 6.45) is 3.38. The van der Waals surface area contributed by atoms with Crippen LogP contribution in [0.5, 0.6) is 0 Å². The van der Waals surface area contributed by atoms with Crippen LogP contribution in [-0.2, 0) is 14.8 Å². The van der Waals surface area contributed by atoms with Gasteiger partial charge in [-0.2, -0.15) is 4.31 Å². The zero-order chi connectivity index (χ0) is 20.5. The Balaban J connectivity index is 1.71. The zero-order valence-corrected chi connectivity index (χ0v) is 18.3. The lowest BCUT2D eigenvalue weighted by atomic mass is 9.97. The third-order valence-electron chi connectivity index (χ3n) is 6.02. The Labute approximate surface area is 169 Å². The Morgan fingerprint density at radius 3 is 2.25 bits per heavy atom. The van der Waals surface area contributed by atoms with E-state index in [4.69, 9.17) is 0 Å². The lowest BCUT2D eigenvalue weighted by Crippen LogP contribution is -2.49. The second-order valence-corrected chi connectivity index (χ2v) is 10.4. The minimum Gasteiger partial charge on any atom is -0.353 e. The van der Waals surface area contributed by atoms with E-state index in [0.29, 0.717) is 17.9 Å². The third-order valence-corrected chi connectivity index (χ3v) is 8.19. The molecule has 0 radical (unpaired) electrons. The molecule has 2 aliphatic heterocycles. The summed E-state index contributed by atoms with van der Waals surface area (Å²) in [7, 11) is -1.51. The maximum absolute atomic E-state index is 13.3. The normalized spacial score (nSPS) is 22.9. The minimum atomic E-state index is -3.60. The number of nitrogens with one attached hydrogen (secondary N) is 1. The van der Waals surface area contributed by atoms with Crippen LogP contribution in [0.4, 0.5) is 0 Å². The molecule has 2 saturated heterocycles. The van der Waals surface area contributed by atoms with Crippen molar-refractivity contribution in [2.24, 2.45) is 5.92 Å². The number of aryl methyl sites for hydroxylation is 3. The lowest BCUT2D eigenvalue weighted by molar-refractivity contribution is -0.127. The van der Waals surface area contributed by atoms with E-state index in [-0.39, 0.29) is 24.4 Å². The first-order chi connectivity index (χ1) is 13.2. The topological polar surface area (TPSA) is 69.7 Å². The largest absolute Gasteiger partial charge is 0.353 e. The second-order valence-electron chi connectivity index (χ2n) is 8.52. The first-order valence-corrected chi connectivity index (χ1v) is 11.7. The van der Waals surface area contributed by atoms with Crippen molar-refractivity contribution in [3.8, 4) is 0 Å². The van der Waals surface area contributed by atoms with Crippen molar-refractivity contribution in [2.75, 3.05) is 33.2 Å².